The number of halogens is 1. The largest absolute Gasteiger partial charge is 0.493 e. The molecule has 1 N–H and O–H groups in total. The summed E-state index contributed by atoms with van der Waals surface area (Å²) in [5, 5.41) is 3.69. The zero-order valence-electron chi connectivity index (χ0n) is 12.2. The van der Waals surface area contributed by atoms with E-state index in [9.17, 15) is 0 Å². The summed E-state index contributed by atoms with van der Waals surface area (Å²) in [7, 11) is 1.57. The summed E-state index contributed by atoms with van der Waals surface area (Å²) in [6.45, 7) is 5.41. The molecule has 3 rings (SSSR count). The highest BCUT2D eigenvalue weighted by Gasteiger charge is 2.21. The van der Waals surface area contributed by atoms with Crippen molar-refractivity contribution in [3.63, 3.8) is 0 Å². The number of aromatic nitrogens is 2. The first-order valence-electron chi connectivity index (χ1n) is 7.19. The third kappa shape index (κ3) is 3.06. The lowest BCUT2D eigenvalue weighted by Gasteiger charge is -2.31. The summed E-state index contributed by atoms with van der Waals surface area (Å²) < 4.78 is 11.0. The van der Waals surface area contributed by atoms with E-state index < -0.39 is 0 Å². The number of piperidine rings is 1. The minimum absolute atomic E-state index is 0.341. The Kier molecular flexibility index (Phi) is 4.17. The van der Waals surface area contributed by atoms with E-state index in [1.54, 1.807) is 13.2 Å². The lowest BCUT2D eigenvalue weighted by molar-refractivity contribution is 0.225. The summed E-state index contributed by atoms with van der Waals surface area (Å²) in [5.74, 6) is 0.546. The molecule has 0 unspecified atom stereocenters. The van der Waals surface area contributed by atoms with Crippen molar-refractivity contribution in [2.75, 3.05) is 32.1 Å². The Morgan fingerprint density at radius 1 is 1.52 bits per heavy atom. The van der Waals surface area contributed by atoms with Crippen molar-refractivity contribution in [3.8, 4) is 5.75 Å². The van der Waals surface area contributed by atoms with Gasteiger partial charge in [0, 0.05) is 18.7 Å². The smallest absolute Gasteiger partial charge is 0.297 e. The number of fused-ring (bicyclic) bond motifs is 1. The number of methoxy groups -OCH3 is 1. The Morgan fingerprint density at radius 3 is 3.14 bits per heavy atom. The van der Waals surface area contributed by atoms with E-state index in [1.807, 2.05) is 0 Å². The molecule has 6 nitrogen and oxygen atoms in total. The predicted octanol–water partition coefficient (Wildman–Crippen LogP) is 2.78. The monoisotopic (exact) mass is 310 g/mol. The lowest BCUT2D eigenvalue weighted by Crippen LogP contribution is -2.41. The lowest BCUT2D eigenvalue weighted by atomic mass is 10.1. The topological polar surface area (TPSA) is 63.4 Å². The maximum absolute atomic E-state index is 5.94. The van der Waals surface area contributed by atoms with Crippen LogP contribution in [0.2, 0.25) is 5.15 Å². The molecule has 21 heavy (non-hydrogen) atoms. The molecular formula is C14H19ClN4O2. The highest BCUT2D eigenvalue weighted by molar-refractivity contribution is 6.30. The molecule has 2 aromatic rings. The molecule has 1 aliphatic rings. The number of nitrogens with zero attached hydrogens (tertiary/aromatic N) is 3. The molecule has 3 heterocycles. The number of rotatable bonds is 4. The highest BCUT2D eigenvalue weighted by Crippen LogP contribution is 2.30. The van der Waals surface area contributed by atoms with Gasteiger partial charge >= 0.3 is 0 Å². The van der Waals surface area contributed by atoms with Crippen molar-refractivity contribution in [1.82, 2.24) is 14.9 Å². The molecule has 0 saturated carbocycles. The molecule has 1 fully saturated rings. The van der Waals surface area contributed by atoms with Crippen LogP contribution in [0.25, 0.3) is 11.2 Å². The van der Waals surface area contributed by atoms with E-state index in [0.717, 1.165) is 26.1 Å². The van der Waals surface area contributed by atoms with Crippen LogP contribution in [-0.2, 0) is 0 Å². The molecule has 0 spiro atoms. The van der Waals surface area contributed by atoms with Crippen molar-refractivity contribution in [1.29, 1.82) is 0 Å². The van der Waals surface area contributed by atoms with Gasteiger partial charge in [0.15, 0.2) is 5.75 Å². The Bertz CT molecular complexity index is 631. The second-order valence-electron chi connectivity index (χ2n) is 5.20. The first-order valence-corrected chi connectivity index (χ1v) is 7.57. The first kappa shape index (κ1) is 14.4. The van der Waals surface area contributed by atoms with Gasteiger partial charge in [0.05, 0.1) is 7.11 Å². The number of pyridine rings is 1. The first-order chi connectivity index (χ1) is 10.2. The quantitative estimate of drug-likeness (QED) is 0.876. The fraction of sp³-hybridized carbons (Fsp3) is 0.571. The number of likely N-dealkylation sites (tertiary alicyclic amines) is 1. The molecule has 114 valence electrons. The molecule has 1 saturated heterocycles. The van der Waals surface area contributed by atoms with Crippen molar-refractivity contribution in [2.45, 2.75) is 25.8 Å². The van der Waals surface area contributed by atoms with Crippen molar-refractivity contribution in [3.05, 3.63) is 11.2 Å². The minimum atomic E-state index is 0.341. The third-order valence-electron chi connectivity index (χ3n) is 3.80. The number of likely N-dealkylation sites (N-methyl/N-ethyl adjacent to an activating group) is 1. The minimum Gasteiger partial charge on any atom is -0.493 e. The van der Waals surface area contributed by atoms with Crippen LogP contribution in [0.4, 0.5) is 6.01 Å². The Labute approximate surface area is 128 Å². The summed E-state index contributed by atoms with van der Waals surface area (Å²) in [4.78, 5) is 10.9. The van der Waals surface area contributed by atoms with E-state index in [-0.39, 0.29) is 0 Å². The summed E-state index contributed by atoms with van der Waals surface area (Å²) in [6.07, 6.45) is 2.29. The fourth-order valence-corrected chi connectivity index (χ4v) is 2.88. The van der Waals surface area contributed by atoms with E-state index in [1.165, 1.54) is 6.42 Å². The van der Waals surface area contributed by atoms with E-state index in [4.69, 9.17) is 20.8 Å². The van der Waals surface area contributed by atoms with E-state index >= 15 is 0 Å². The normalized spacial score (nSPS) is 19.9. The molecule has 0 bridgehead atoms. The van der Waals surface area contributed by atoms with Gasteiger partial charge in [-0.25, -0.2) is 4.98 Å². The number of anilines is 1. The number of nitrogens with one attached hydrogen (secondary N) is 1. The SMILES string of the molecule is CCN1CCC[C@@H](Nc2nc3nc(Cl)cc(OC)c3o2)C1. The van der Waals surface area contributed by atoms with Crippen LogP contribution in [0.5, 0.6) is 5.75 Å². The molecule has 0 radical (unpaired) electrons. The second-order valence-corrected chi connectivity index (χ2v) is 5.58. The van der Waals surface area contributed by atoms with Crippen LogP contribution < -0.4 is 10.1 Å². The zero-order valence-corrected chi connectivity index (χ0v) is 13.0. The molecule has 1 atom stereocenters. The highest BCUT2D eigenvalue weighted by atomic mass is 35.5. The van der Waals surface area contributed by atoms with Gasteiger partial charge < -0.3 is 19.4 Å². The Hall–Kier alpha value is -1.53. The molecule has 0 aliphatic carbocycles. The molecule has 1 aliphatic heterocycles. The number of ether oxygens (including phenoxy) is 1. The van der Waals surface area contributed by atoms with Gasteiger partial charge in [0.2, 0.25) is 11.2 Å². The van der Waals surface area contributed by atoms with Crippen LogP contribution in [0.3, 0.4) is 0 Å². The third-order valence-corrected chi connectivity index (χ3v) is 3.99. The van der Waals surface area contributed by atoms with Crippen LogP contribution in [0, 0.1) is 0 Å². The van der Waals surface area contributed by atoms with Crippen molar-refractivity contribution in [2.24, 2.45) is 0 Å². The standard InChI is InChI=1S/C14H19ClN4O2/c1-3-19-6-4-5-9(8-19)16-14-18-13-12(21-14)10(20-2)7-11(15)17-13/h7,9H,3-6,8H2,1-2H3,(H,16,17,18)/t9-/m1/s1. The number of oxazole rings is 1. The van der Waals surface area contributed by atoms with Crippen molar-refractivity contribution < 1.29 is 9.15 Å². The predicted molar refractivity (Wildman–Crippen MR) is 82.1 cm³/mol. The average molecular weight is 311 g/mol. The van der Waals surface area contributed by atoms with Gasteiger partial charge in [0.1, 0.15) is 5.15 Å². The van der Waals surface area contributed by atoms with Gasteiger partial charge in [-0.2, -0.15) is 4.98 Å². The average Bonchev–Trinajstić information content (AvgIpc) is 2.88. The molecule has 0 amide bonds. The Morgan fingerprint density at radius 2 is 2.38 bits per heavy atom. The van der Waals surface area contributed by atoms with E-state index in [0.29, 0.717) is 34.2 Å². The van der Waals surface area contributed by atoms with Gasteiger partial charge in [-0.15, -0.1) is 0 Å². The summed E-state index contributed by atoms with van der Waals surface area (Å²) >= 11 is 5.94. The van der Waals surface area contributed by atoms with Gasteiger partial charge in [-0.1, -0.05) is 18.5 Å². The second kappa shape index (κ2) is 6.07. The van der Waals surface area contributed by atoms with Crippen LogP contribution in [-0.4, -0.2) is 47.7 Å². The number of hydrogen-bond donors (Lipinski definition) is 1. The zero-order chi connectivity index (χ0) is 14.8. The van der Waals surface area contributed by atoms with Gasteiger partial charge in [-0.3, -0.25) is 0 Å². The van der Waals surface area contributed by atoms with Gasteiger partial charge in [0.25, 0.3) is 6.01 Å². The summed E-state index contributed by atoms with van der Waals surface area (Å²) in [5.41, 5.74) is 0.984. The van der Waals surface area contributed by atoms with Crippen LogP contribution in [0.15, 0.2) is 10.5 Å². The van der Waals surface area contributed by atoms with Gasteiger partial charge in [-0.05, 0) is 25.9 Å². The maximum Gasteiger partial charge on any atom is 0.297 e. The maximum atomic E-state index is 5.94. The Balaban J connectivity index is 1.81. The molecule has 7 heteroatoms. The van der Waals surface area contributed by atoms with Crippen LogP contribution >= 0.6 is 11.6 Å². The fourth-order valence-electron chi connectivity index (χ4n) is 2.70. The summed E-state index contributed by atoms with van der Waals surface area (Å²) in [6, 6.07) is 2.44. The molecular weight excluding hydrogens is 292 g/mol. The number of hydrogen-bond acceptors (Lipinski definition) is 6. The molecule has 2 aromatic heterocycles. The van der Waals surface area contributed by atoms with Crippen molar-refractivity contribution >= 4 is 28.8 Å². The van der Waals surface area contributed by atoms with Crippen LogP contribution in [0.1, 0.15) is 19.8 Å². The van der Waals surface area contributed by atoms with E-state index in [2.05, 4.69) is 27.1 Å². The molecule has 0 aromatic carbocycles.